The number of amides is 2. The van der Waals surface area contributed by atoms with Crippen molar-refractivity contribution in [2.45, 2.75) is 45.3 Å². The summed E-state index contributed by atoms with van der Waals surface area (Å²) in [4.78, 5) is 83.2. The number of β-lactam (4-membered cyclic amide) rings is 1. The molecule has 0 bridgehead atoms. The summed E-state index contributed by atoms with van der Waals surface area (Å²) in [5.74, 6) is -8.61. The highest BCUT2D eigenvalue weighted by Crippen LogP contribution is 2.32. The quantitative estimate of drug-likeness (QED) is 0.0351. The van der Waals surface area contributed by atoms with Crippen LogP contribution in [0.5, 0.6) is 5.75 Å². The van der Waals surface area contributed by atoms with E-state index in [-0.39, 0.29) is 19.9 Å². The number of ketones is 2. The molecule has 0 saturated carbocycles. The van der Waals surface area contributed by atoms with Crippen LogP contribution in [0.2, 0.25) is 0 Å². The van der Waals surface area contributed by atoms with Crippen LogP contribution in [0.25, 0.3) is 0 Å². The number of oxime groups is 1. The number of nitrogen functional groups attached to an aromatic ring is 1. The van der Waals surface area contributed by atoms with Gasteiger partial charge in [0.2, 0.25) is 22.8 Å². The SMILES string of the molecule is C[C@H](CC(=O)c1cc(=O)c(O)cn1O)C(=O)NC[C@@H]1[C@H](CC(=O)/C(=N\OC(C)(C)C(=O)O)c2csc(N)n2)C(=O)N1S(=O)(=O)O. The number of carboxylic acid groups (broad SMARTS) is 1. The van der Waals surface area contributed by atoms with Crippen molar-refractivity contribution >= 4 is 61.8 Å². The van der Waals surface area contributed by atoms with Crippen LogP contribution in [0.1, 0.15) is 49.8 Å². The van der Waals surface area contributed by atoms with E-state index in [0.717, 1.165) is 25.2 Å². The predicted octanol–water partition coefficient (Wildman–Crippen LogP) is -0.972. The fourth-order valence-corrected chi connectivity index (χ4v) is 5.49. The molecular weight excluding hydrogens is 644 g/mol. The van der Waals surface area contributed by atoms with Gasteiger partial charge in [-0.3, -0.25) is 28.5 Å². The lowest BCUT2D eigenvalue weighted by molar-refractivity contribution is -0.161. The van der Waals surface area contributed by atoms with Gasteiger partial charge in [0.1, 0.15) is 11.4 Å². The molecular formula is C24H28N6O13S2. The smallest absolute Gasteiger partial charge is 0.362 e. The predicted molar refractivity (Wildman–Crippen MR) is 152 cm³/mol. The molecule has 21 heteroatoms. The van der Waals surface area contributed by atoms with Gasteiger partial charge in [-0.15, -0.1) is 11.3 Å². The molecule has 0 aromatic carbocycles. The molecule has 1 saturated heterocycles. The summed E-state index contributed by atoms with van der Waals surface area (Å²) in [5, 5.41) is 35.7. The van der Waals surface area contributed by atoms with Crippen molar-refractivity contribution in [2.75, 3.05) is 12.3 Å². The maximum Gasteiger partial charge on any atom is 0.362 e. The minimum Gasteiger partial charge on any atom is -0.503 e. The second-order valence-corrected chi connectivity index (χ2v) is 12.5. The number of carbonyl (C=O) groups excluding carboxylic acids is 4. The Kier molecular flexibility index (Phi) is 9.99. The molecule has 1 fully saturated rings. The third-order valence-electron chi connectivity index (χ3n) is 6.58. The van der Waals surface area contributed by atoms with Gasteiger partial charge in [0, 0.05) is 36.8 Å². The number of carbonyl (C=O) groups is 5. The van der Waals surface area contributed by atoms with Crippen LogP contribution in [-0.2, 0) is 34.3 Å². The third kappa shape index (κ3) is 7.80. The molecule has 2 aromatic rings. The van der Waals surface area contributed by atoms with E-state index in [9.17, 15) is 57.2 Å². The fourth-order valence-electron chi connectivity index (χ4n) is 4.01. The highest BCUT2D eigenvalue weighted by Gasteiger charge is 2.54. The first kappa shape index (κ1) is 34.6. The van der Waals surface area contributed by atoms with E-state index in [1.165, 1.54) is 12.3 Å². The zero-order chi connectivity index (χ0) is 34.0. The first-order chi connectivity index (χ1) is 20.7. The van der Waals surface area contributed by atoms with E-state index < -0.39 is 105 Å². The number of pyridine rings is 1. The molecule has 3 atom stereocenters. The molecule has 2 amide bonds. The molecule has 3 heterocycles. The van der Waals surface area contributed by atoms with Gasteiger partial charge >= 0.3 is 16.3 Å². The van der Waals surface area contributed by atoms with Gasteiger partial charge < -0.3 is 31.3 Å². The maximum atomic E-state index is 13.3. The summed E-state index contributed by atoms with van der Waals surface area (Å²) in [6, 6.07) is -0.805. The van der Waals surface area contributed by atoms with Gasteiger partial charge in [-0.1, -0.05) is 12.1 Å². The number of carboxylic acids is 1. The molecule has 3 rings (SSSR count). The van der Waals surface area contributed by atoms with Gasteiger partial charge in [-0.2, -0.15) is 13.1 Å². The zero-order valence-corrected chi connectivity index (χ0v) is 25.4. The van der Waals surface area contributed by atoms with E-state index in [0.29, 0.717) is 12.3 Å². The van der Waals surface area contributed by atoms with Crippen LogP contribution in [0.4, 0.5) is 5.13 Å². The van der Waals surface area contributed by atoms with Crippen molar-refractivity contribution in [1.29, 1.82) is 0 Å². The van der Waals surface area contributed by atoms with Crippen LogP contribution in [-0.4, -0.2) is 95.7 Å². The monoisotopic (exact) mass is 672 g/mol. The van der Waals surface area contributed by atoms with Gasteiger partial charge in [0.05, 0.1) is 18.2 Å². The number of anilines is 1. The molecule has 19 nitrogen and oxygen atoms in total. The highest BCUT2D eigenvalue weighted by atomic mass is 32.2. The maximum absolute atomic E-state index is 13.3. The number of nitrogens with one attached hydrogen (secondary N) is 1. The van der Waals surface area contributed by atoms with Crippen molar-refractivity contribution in [3.63, 3.8) is 0 Å². The number of Topliss-reactive ketones (excluding diaryl/α,β-unsaturated/α-hetero) is 2. The summed E-state index contributed by atoms with van der Waals surface area (Å²) < 4.78 is 33.6. The average molecular weight is 673 g/mol. The largest absolute Gasteiger partial charge is 0.503 e. The van der Waals surface area contributed by atoms with E-state index in [4.69, 9.17) is 10.6 Å². The van der Waals surface area contributed by atoms with Crippen LogP contribution < -0.4 is 16.5 Å². The van der Waals surface area contributed by atoms with Crippen LogP contribution >= 0.6 is 11.3 Å². The lowest BCUT2D eigenvalue weighted by atomic mass is 9.84. The molecule has 7 N–H and O–H groups in total. The van der Waals surface area contributed by atoms with E-state index in [2.05, 4.69) is 15.5 Å². The van der Waals surface area contributed by atoms with Crippen LogP contribution in [0, 0.1) is 11.8 Å². The Balaban J connectivity index is 1.77. The van der Waals surface area contributed by atoms with Gasteiger partial charge in [0.25, 0.3) is 0 Å². The number of nitrogens with two attached hydrogens (primary N) is 1. The summed E-state index contributed by atoms with van der Waals surface area (Å²) in [6.45, 7) is 2.98. The molecule has 1 aliphatic heterocycles. The third-order valence-corrected chi connectivity index (χ3v) is 8.21. The fraction of sp³-hybridized carbons (Fsp3) is 0.417. The first-order valence-electron chi connectivity index (χ1n) is 12.7. The summed E-state index contributed by atoms with van der Waals surface area (Å²) in [6.07, 6.45) is -0.688. The first-order valence-corrected chi connectivity index (χ1v) is 15.0. The van der Waals surface area contributed by atoms with Crippen molar-refractivity contribution in [1.82, 2.24) is 19.3 Å². The molecule has 1 aliphatic rings. The van der Waals surface area contributed by atoms with Crippen molar-refractivity contribution in [3.8, 4) is 5.75 Å². The Morgan fingerprint density at radius 2 is 1.91 bits per heavy atom. The Morgan fingerprint density at radius 3 is 2.47 bits per heavy atom. The molecule has 45 heavy (non-hydrogen) atoms. The van der Waals surface area contributed by atoms with E-state index >= 15 is 0 Å². The number of aromatic hydroxyl groups is 1. The zero-order valence-electron chi connectivity index (χ0n) is 23.7. The number of aliphatic carboxylic acids is 1. The normalized spacial score (nSPS) is 17.7. The molecule has 244 valence electrons. The van der Waals surface area contributed by atoms with Crippen LogP contribution in [0.15, 0.2) is 27.6 Å². The minimum absolute atomic E-state index is 0.0149. The number of hydrogen-bond donors (Lipinski definition) is 6. The standard InChI is InChI=1S/C24H28N6O13S2/c1-10(4-15(31)13-6-16(32)18(34)8-29(13)39)20(35)26-7-14-11(21(36)30(14)45(40,41)42)5-17(33)19(12-9-44-23(25)27-12)28-43-24(2,3)22(37)38/h6,8-11,14,34,39H,4-5,7H2,1-3H3,(H2,25,27)(H,26,35)(H,37,38)(H,40,41,42)/b28-19-/t10-,11+,14-/m1/s1. The second kappa shape index (κ2) is 13.0. The Labute approximate surface area is 257 Å². The molecule has 0 unspecified atom stereocenters. The number of aromatic nitrogens is 2. The summed E-state index contributed by atoms with van der Waals surface area (Å²) in [5.41, 5.74) is 1.62. The molecule has 0 radical (unpaired) electrons. The van der Waals surface area contributed by atoms with Gasteiger partial charge in [0.15, 0.2) is 28.2 Å². The second-order valence-electron chi connectivity index (χ2n) is 10.4. The lowest BCUT2D eigenvalue weighted by Crippen LogP contribution is -2.66. The topological polar surface area (TPSA) is 298 Å². The van der Waals surface area contributed by atoms with Gasteiger partial charge in [-0.05, 0) is 13.8 Å². The molecule has 0 aliphatic carbocycles. The summed E-state index contributed by atoms with van der Waals surface area (Å²) >= 11 is 0.913. The Bertz CT molecular complexity index is 1750. The van der Waals surface area contributed by atoms with Crippen LogP contribution in [0.3, 0.4) is 0 Å². The molecule has 0 spiro atoms. The Hall–Kier alpha value is -4.89. The number of nitrogens with zero attached hydrogens (tertiary/aromatic N) is 4. The lowest BCUT2D eigenvalue weighted by Gasteiger charge is -2.44. The van der Waals surface area contributed by atoms with E-state index in [1.54, 1.807) is 0 Å². The number of rotatable bonds is 14. The average Bonchev–Trinajstić information content (AvgIpc) is 3.35. The Morgan fingerprint density at radius 1 is 1.27 bits per heavy atom. The number of hydrogen-bond acceptors (Lipinski definition) is 15. The minimum atomic E-state index is -5.14. The van der Waals surface area contributed by atoms with Crippen molar-refractivity contribution in [2.24, 2.45) is 17.0 Å². The van der Waals surface area contributed by atoms with Crippen molar-refractivity contribution in [3.05, 3.63) is 39.3 Å². The van der Waals surface area contributed by atoms with Crippen molar-refractivity contribution < 1.29 is 57.2 Å². The summed E-state index contributed by atoms with van der Waals surface area (Å²) in [7, 11) is -5.14. The number of thiazole rings is 1. The highest BCUT2D eigenvalue weighted by molar-refractivity contribution is 7.84. The van der Waals surface area contributed by atoms with Gasteiger partial charge in [-0.25, -0.2) is 14.1 Å². The van der Waals surface area contributed by atoms with E-state index in [1.807, 2.05) is 0 Å². The molecule has 2 aromatic heterocycles.